The molecule has 160 valence electrons. The molecule has 8 unspecified atom stereocenters. The largest absolute Gasteiger partial charge is 0.349 e. The van der Waals surface area contributed by atoms with Crippen LogP contribution in [0.5, 0.6) is 0 Å². The van der Waals surface area contributed by atoms with E-state index in [1.807, 2.05) is 7.05 Å². The number of nitrogens with one attached hydrogen (secondary N) is 5. The highest BCUT2D eigenvalue weighted by Crippen LogP contribution is 2.40. The first-order valence-electron chi connectivity index (χ1n) is 10.8. The van der Waals surface area contributed by atoms with Gasteiger partial charge in [0, 0.05) is 24.0 Å². The van der Waals surface area contributed by atoms with Gasteiger partial charge in [0.2, 0.25) is 0 Å². The third-order valence-corrected chi connectivity index (χ3v) is 6.68. The van der Waals surface area contributed by atoms with Crippen LogP contribution in [-0.2, 0) is 9.47 Å². The summed E-state index contributed by atoms with van der Waals surface area (Å²) in [5.41, 5.74) is 1.18. The van der Waals surface area contributed by atoms with E-state index in [1.165, 1.54) is 5.57 Å². The molecule has 0 amide bonds. The number of ether oxygens (including phenoxy) is 2. The van der Waals surface area contributed by atoms with Crippen LogP contribution in [0.15, 0.2) is 11.6 Å². The first-order chi connectivity index (χ1) is 13.5. The Bertz CT molecular complexity index is 565. The lowest BCUT2D eigenvalue weighted by molar-refractivity contribution is -0.0113. The Labute approximate surface area is 167 Å². The summed E-state index contributed by atoms with van der Waals surface area (Å²) in [7, 11) is 1.95. The Morgan fingerprint density at radius 1 is 1.14 bits per heavy atom. The second-order valence-electron chi connectivity index (χ2n) is 8.80. The third kappa shape index (κ3) is 4.43. The lowest BCUT2D eigenvalue weighted by Crippen LogP contribution is -2.69. The van der Waals surface area contributed by atoms with Crippen molar-refractivity contribution in [2.75, 3.05) is 20.4 Å². The molecule has 4 rings (SSSR count). The second kappa shape index (κ2) is 9.04. The van der Waals surface area contributed by atoms with Crippen molar-refractivity contribution in [3.63, 3.8) is 0 Å². The molecule has 28 heavy (non-hydrogen) atoms. The smallest absolute Gasteiger partial charge is 0.147 e. The Hall–Kier alpha value is -0.610. The van der Waals surface area contributed by atoms with Crippen molar-refractivity contribution >= 4 is 0 Å². The predicted octanol–water partition coefficient (Wildman–Crippen LogP) is 0.543. The fourth-order valence-corrected chi connectivity index (χ4v) is 5.15. The van der Waals surface area contributed by atoms with E-state index in [1.54, 1.807) is 0 Å². The lowest BCUT2D eigenvalue weighted by atomic mass is 9.74. The molecule has 0 aromatic heterocycles. The van der Waals surface area contributed by atoms with Gasteiger partial charge in [-0.3, -0.25) is 16.0 Å². The number of hydrogen-bond donors (Lipinski definition) is 5. The van der Waals surface area contributed by atoms with Gasteiger partial charge in [-0.25, -0.2) is 4.39 Å². The summed E-state index contributed by atoms with van der Waals surface area (Å²) in [6, 6.07) is 0.500. The first kappa shape index (κ1) is 20.7. The van der Waals surface area contributed by atoms with E-state index in [9.17, 15) is 0 Å². The molecule has 4 aliphatic rings. The van der Waals surface area contributed by atoms with Crippen LogP contribution < -0.4 is 26.6 Å². The molecular weight excluding hydrogens is 361 g/mol. The molecule has 3 heterocycles. The molecule has 3 aliphatic heterocycles. The average Bonchev–Trinajstić information content (AvgIpc) is 3.02. The topological polar surface area (TPSA) is 78.6 Å². The van der Waals surface area contributed by atoms with Gasteiger partial charge in [-0.1, -0.05) is 11.6 Å². The van der Waals surface area contributed by atoms with Crippen molar-refractivity contribution in [2.45, 2.75) is 88.5 Å². The van der Waals surface area contributed by atoms with E-state index in [0.29, 0.717) is 18.5 Å². The van der Waals surface area contributed by atoms with E-state index < -0.39 is 6.17 Å². The molecular formula is C20H36FN5O2. The van der Waals surface area contributed by atoms with Crippen molar-refractivity contribution in [1.82, 2.24) is 26.6 Å². The van der Waals surface area contributed by atoms with Crippen LogP contribution in [0.3, 0.4) is 0 Å². The van der Waals surface area contributed by atoms with Crippen LogP contribution in [-0.4, -0.2) is 69.3 Å². The molecule has 7 nitrogen and oxygen atoms in total. The average molecular weight is 398 g/mol. The van der Waals surface area contributed by atoms with Gasteiger partial charge >= 0.3 is 0 Å². The minimum absolute atomic E-state index is 0.0508. The highest BCUT2D eigenvalue weighted by molar-refractivity contribution is 5.19. The maximum atomic E-state index is 15.9. The van der Waals surface area contributed by atoms with Crippen LogP contribution in [0.2, 0.25) is 0 Å². The molecule has 0 aromatic rings. The van der Waals surface area contributed by atoms with E-state index in [2.05, 4.69) is 46.5 Å². The molecule has 0 bridgehead atoms. The van der Waals surface area contributed by atoms with Crippen molar-refractivity contribution in [2.24, 2.45) is 5.92 Å². The number of hydrogen-bond acceptors (Lipinski definition) is 7. The fraction of sp³-hybridized carbons (Fsp3) is 0.900. The highest BCUT2D eigenvalue weighted by Gasteiger charge is 2.50. The van der Waals surface area contributed by atoms with Crippen molar-refractivity contribution < 1.29 is 13.9 Å². The lowest BCUT2D eigenvalue weighted by Gasteiger charge is -2.44. The SMILES string of the molecule is CNC1CC(C)NC(NC2CC3OCOC3C(C3=CC[C@H](C)NCC3)C2F)N1. The zero-order valence-electron chi connectivity index (χ0n) is 17.2. The normalized spacial score (nSPS) is 47.3. The van der Waals surface area contributed by atoms with Gasteiger partial charge in [0.15, 0.2) is 0 Å². The van der Waals surface area contributed by atoms with Crippen LogP contribution in [0, 0.1) is 5.92 Å². The monoisotopic (exact) mass is 397 g/mol. The Kier molecular flexibility index (Phi) is 6.67. The summed E-state index contributed by atoms with van der Waals surface area (Å²) in [5, 5.41) is 17.2. The molecule has 5 N–H and O–H groups in total. The Morgan fingerprint density at radius 2 is 2.00 bits per heavy atom. The zero-order chi connectivity index (χ0) is 19.7. The molecule has 8 heteroatoms. The van der Waals surface area contributed by atoms with Gasteiger partial charge in [-0.2, -0.15) is 0 Å². The molecule has 9 atom stereocenters. The molecule has 1 aliphatic carbocycles. The molecule has 0 spiro atoms. The van der Waals surface area contributed by atoms with Crippen LogP contribution >= 0.6 is 0 Å². The van der Waals surface area contributed by atoms with Gasteiger partial charge < -0.3 is 20.1 Å². The van der Waals surface area contributed by atoms with E-state index in [0.717, 1.165) is 25.8 Å². The van der Waals surface area contributed by atoms with E-state index in [-0.39, 0.29) is 43.4 Å². The van der Waals surface area contributed by atoms with Crippen molar-refractivity contribution in [3.8, 4) is 0 Å². The quantitative estimate of drug-likeness (QED) is 0.443. The number of fused-ring (bicyclic) bond motifs is 1. The van der Waals surface area contributed by atoms with Crippen LogP contribution in [0.25, 0.3) is 0 Å². The number of rotatable bonds is 4. The van der Waals surface area contributed by atoms with Gasteiger partial charge in [0.25, 0.3) is 0 Å². The van der Waals surface area contributed by atoms with Gasteiger partial charge in [-0.05, 0) is 53.1 Å². The maximum Gasteiger partial charge on any atom is 0.147 e. The van der Waals surface area contributed by atoms with E-state index >= 15 is 4.39 Å². The van der Waals surface area contributed by atoms with Crippen LogP contribution in [0.1, 0.15) is 39.5 Å². The number of halogens is 1. The van der Waals surface area contributed by atoms with Gasteiger partial charge in [0.05, 0.1) is 18.4 Å². The molecule has 1 saturated carbocycles. The highest BCUT2D eigenvalue weighted by atomic mass is 19.1. The summed E-state index contributed by atoms with van der Waals surface area (Å²) in [5.74, 6) is -0.244. The molecule has 0 radical (unpaired) electrons. The summed E-state index contributed by atoms with van der Waals surface area (Å²) in [6.07, 6.45) is 4.50. The standard InChI is InChI=1S/C20H36FN5O2/c1-11-4-5-13(6-7-23-11)17-18(21)14(9-15-19(17)28-10-27-15)25-20-24-12(2)8-16(22-3)26-20/h5,11-12,14-20,22-26H,4,6-10H2,1-3H3/t11-,12?,14?,15?,16?,17?,18?,19?,20?/m0/s1. The van der Waals surface area contributed by atoms with Crippen LogP contribution in [0.4, 0.5) is 4.39 Å². The molecule has 2 saturated heterocycles. The first-order valence-corrected chi connectivity index (χ1v) is 10.8. The summed E-state index contributed by atoms with van der Waals surface area (Å²) < 4.78 is 27.6. The Balaban J connectivity index is 1.49. The minimum atomic E-state index is -1.00. The summed E-state index contributed by atoms with van der Waals surface area (Å²) in [4.78, 5) is 0. The molecule has 0 aromatic carbocycles. The summed E-state index contributed by atoms with van der Waals surface area (Å²) in [6.45, 7) is 5.49. The molecule has 3 fully saturated rings. The second-order valence-corrected chi connectivity index (χ2v) is 8.80. The third-order valence-electron chi connectivity index (χ3n) is 6.68. The van der Waals surface area contributed by atoms with E-state index in [4.69, 9.17) is 9.47 Å². The van der Waals surface area contributed by atoms with Crippen molar-refractivity contribution in [1.29, 1.82) is 0 Å². The zero-order valence-corrected chi connectivity index (χ0v) is 17.2. The maximum absolute atomic E-state index is 15.9. The predicted molar refractivity (Wildman–Crippen MR) is 106 cm³/mol. The number of alkyl halides is 1. The summed E-state index contributed by atoms with van der Waals surface area (Å²) >= 11 is 0. The minimum Gasteiger partial charge on any atom is -0.349 e. The fourth-order valence-electron chi connectivity index (χ4n) is 5.15. The van der Waals surface area contributed by atoms with Gasteiger partial charge in [0.1, 0.15) is 19.3 Å². The van der Waals surface area contributed by atoms with Gasteiger partial charge in [-0.15, -0.1) is 0 Å². The Morgan fingerprint density at radius 3 is 2.82 bits per heavy atom. The van der Waals surface area contributed by atoms with Crippen molar-refractivity contribution in [3.05, 3.63) is 11.6 Å².